The Morgan fingerprint density at radius 2 is 1.59 bits per heavy atom. The third-order valence-electron chi connectivity index (χ3n) is 3.68. The van der Waals surface area contributed by atoms with Crippen LogP contribution in [0.5, 0.6) is 0 Å². The number of hydrogen-bond acceptors (Lipinski definition) is 9. The predicted octanol–water partition coefficient (Wildman–Crippen LogP) is 2.21. The number of nitro benzene ring substituents is 1. The number of nitrogens with zero attached hydrogens (tertiary/aromatic N) is 2. The molecular formula is C17H15N3O9. The van der Waals surface area contributed by atoms with Gasteiger partial charge in [-0.1, -0.05) is 12.1 Å². The number of pyridine rings is 1. The zero-order valence-corrected chi connectivity index (χ0v) is 15.3. The van der Waals surface area contributed by atoms with Gasteiger partial charge in [-0.25, -0.2) is 9.59 Å². The highest BCUT2D eigenvalue weighted by Crippen LogP contribution is 2.33. The number of hydrogen-bond donors (Lipinski definition) is 1. The van der Waals surface area contributed by atoms with Gasteiger partial charge < -0.3 is 14.5 Å². The van der Waals surface area contributed by atoms with Crippen molar-refractivity contribution in [1.29, 1.82) is 0 Å². The van der Waals surface area contributed by atoms with Crippen LogP contribution in [0.25, 0.3) is 11.3 Å². The quantitative estimate of drug-likeness (QED) is 0.411. The highest BCUT2D eigenvalue weighted by atomic mass is 16.6. The molecule has 0 fully saturated rings. The summed E-state index contributed by atoms with van der Waals surface area (Å²) in [5.41, 5.74) is -4.84. The van der Waals surface area contributed by atoms with Crippen molar-refractivity contribution in [2.75, 3.05) is 13.2 Å². The van der Waals surface area contributed by atoms with E-state index in [1.54, 1.807) is 0 Å². The molecule has 0 aliphatic heterocycles. The van der Waals surface area contributed by atoms with Crippen molar-refractivity contribution < 1.29 is 28.9 Å². The number of aromatic nitrogens is 1. The van der Waals surface area contributed by atoms with Crippen molar-refractivity contribution in [2.24, 2.45) is 0 Å². The van der Waals surface area contributed by atoms with Gasteiger partial charge >= 0.3 is 17.6 Å². The molecule has 0 amide bonds. The van der Waals surface area contributed by atoms with Crippen molar-refractivity contribution in [3.8, 4) is 11.3 Å². The zero-order valence-electron chi connectivity index (χ0n) is 15.3. The largest absolute Gasteiger partial charge is 0.462 e. The van der Waals surface area contributed by atoms with Gasteiger partial charge in [0.1, 0.15) is 11.3 Å². The lowest BCUT2D eigenvalue weighted by atomic mass is 10.0. The topological polar surface area (TPSA) is 172 Å². The summed E-state index contributed by atoms with van der Waals surface area (Å²) in [4.78, 5) is 60.4. The van der Waals surface area contributed by atoms with Crippen LogP contribution in [-0.2, 0) is 9.47 Å². The van der Waals surface area contributed by atoms with Crippen LogP contribution in [0.1, 0.15) is 34.6 Å². The molecule has 0 atom stereocenters. The highest BCUT2D eigenvalue weighted by Gasteiger charge is 2.36. The number of rotatable bonds is 7. The minimum Gasteiger partial charge on any atom is -0.462 e. The number of carbonyl (C=O) groups is 2. The van der Waals surface area contributed by atoms with Gasteiger partial charge in [0, 0.05) is 17.7 Å². The molecule has 2 aromatic rings. The molecule has 0 aliphatic carbocycles. The molecule has 12 nitrogen and oxygen atoms in total. The first-order valence-electron chi connectivity index (χ1n) is 8.26. The summed E-state index contributed by atoms with van der Waals surface area (Å²) in [6.07, 6.45) is 0. The van der Waals surface area contributed by atoms with E-state index in [0.717, 1.165) is 12.1 Å². The molecule has 1 N–H and O–H groups in total. The molecule has 0 saturated heterocycles. The molecule has 1 aromatic heterocycles. The van der Waals surface area contributed by atoms with Gasteiger partial charge in [0.15, 0.2) is 5.56 Å². The van der Waals surface area contributed by atoms with E-state index in [4.69, 9.17) is 9.47 Å². The third kappa shape index (κ3) is 4.26. The van der Waals surface area contributed by atoms with E-state index >= 15 is 0 Å². The first kappa shape index (κ1) is 21.2. The maximum absolute atomic E-state index is 12.5. The van der Waals surface area contributed by atoms with Crippen LogP contribution >= 0.6 is 0 Å². The van der Waals surface area contributed by atoms with Crippen molar-refractivity contribution in [2.45, 2.75) is 13.8 Å². The van der Waals surface area contributed by atoms with E-state index in [1.807, 2.05) is 0 Å². The Bertz CT molecular complexity index is 1060. The molecule has 29 heavy (non-hydrogen) atoms. The lowest BCUT2D eigenvalue weighted by Crippen LogP contribution is -2.27. The fraction of sp³-hybridized carbons (Fsp3) is 0.235. The minimum atomic E-state index is -1.28. The van der Waals surface area contributed by atoms with Crippen molar-refractivity contribution in [3.05, 3.63) is 66.0 Å². The maximum Gasteiger partial charge on any atom is 0.346 e. The molecule has 1 aromatic carbocycles. The number of ether oxygens (including phenoxy) is 2. The Morgan fingerprint density at radius 3 is 2.10 bits per heavy atom. The number of H-pyrrole nitrogens is 1. The van der Waals surface area contributed by atoms with E-state index in [2.05, 4.69) is 4.98 Å². The van der Waals surface area contributed by atoms with Gasteiger partial charge in [-0.3, -0.25) is 25.0 Å². The van der Waals surface area contributed by atoms with Gasteiger partial charge in [0.2, 0.25) is 0 Å². The average molecular weight is 405 g/mol. The molecule has 2 rings (SSSR count). The Hall–Kier alpha value is -4.09. The summed E-state index contributed by atoms with van der Waals surface area (Å²) in [7, 11) is 0. The number of non-ortho nitro benzene ring substituents is 1. The lowest BCUT2D eigenvalue weighted by molar-refractivity contribution is -0.385. The first-order chi connectivity index (χ1) is 13.7. The SMILES string of the molecule is CCOC(=O)c1c([N+](=O)[O-])c(-c2cccc([N+](=O)[O-])c2)[nH]c(=O)c1C(=O)OCC. The molecular weight excluding hydrogens is 390 g/mol. The predicted molar refractivity (Wildman–Crippen MR) is 97.7 cm³/mol. The van der Waals surface area contributed by atoms with E-state index in [9.17, 15) is 34.6 Å². The summed E-state index contributed by atoms with van der Waals surface area (Å²) in [6, 6.07) is 4.65. The lowest BCUT2D eigenvalue weighted by Gasteiger charge is -2.11. The molecule has 0 bridgehead atoms. The molecule has 1 heterocycles. The zero-order chi connectivity index (χ0) is 21.7. The Balaban J connectivity index is 2.94. The van der Waals surface area contributed by atoms with E-state index < -0.39 is 55.5 Å². The summed E-state index contributed by atoms with van der Waals surface area (Å²) >= 11 is 0. The van der Waals surface area contributed by atoms with Crippen LogP contribution < -0.4 is 5.56 Å². The highest BCUT2D eigenvalue weighted by molar-refractivity contribution is 6.07. The second kappa shape index (κ2) is 8.73. The summed E-state index contributed by atoms with van der Waals surface area (Å²) in [5, 5.41) is 22.8. The van der Waals surface area contributed by atoms with Gasteiger partial charge in [-0.05, 0) is 13.8 Å². The summed E-state index contributed by atoms with van der Waals surface area (Å²) < 4.78 is 9.51. The summed E-state index contributed by atoms with van der Waals surface area (Å²) in [6.45, 7) is 2.54. The van der Waals surface area contributed by atoms with Crippen LogP contribution in [0.4, 0.5) is 11.4 Å². The standard InChI is InChI=1S/C17H15N3O9/c1-3-28-16(22)11-12(17(23)29-4-2)15(21)18-13(14(11)20(26)27)9-6-5-7-10(8-9)19(24)25/h5-8H,3-4H2,1-2H3,(H,18,21). The van der Waals surface area contributed by atoms with Gasteiger partial charge in [-0.2, -0.15) is 0 Å². The Labute approximate surface area is 162 Å². The second-order valence-corrected chi connectivity index (χ2v) is 5.43. The second-order valence-electron chi connectivity index (χ2n) is 5.43. The van der Waals surface area contributed by atoms with Crippen LogP contribution in [0, 0.1) is 20.2 Å². The maximum atomic E-state index is 12.5. The fourth-order valence-corrected chi connectivity index (χ4v) is 2.56. The van der Waals surface area contributed by atoms with E-state index in [0.29, 0.717) is 0 Å². The van der Waals surface area contributed by atoms with Crippen LogP contribution in [-0.4, -0.2) is 40.0 Å². The van der Waals surface area contributed by atoms with Gasteiger partial charge in [-0.15, -0.1) is 0 Å². The molecule has 0 unspecified atom stereocenters. The Morgan fingerprint density at radius 1 is 1.00 bits per heavy atom. The fourth-order valence-electron chi connectivity index (χ4n) is 2.56. The molecule has 152 valence electrons. The molecule has 0 saturated carbocycles. The Kier molecular flexibility index (Phi) is 6.39. The summed E-state index contributed by atoms with van der Waals surface area (Å²) in [5.74, 6) is -2.52. The number of carbonyl (C=O) groups excluding carboxylic acids is 2. The van der Waals surface area contributed by atoms with E-state index in [1.165, 1.54) is 26.0 Å². The third-order valence-corrected chi connectivity index (χ3v) is 3.68. The minimum absolute atomic E-state index is 0.107. The van der Waals surface area contributed by atoms with Crippen LogP contribution in [0.15, 0.2) is 29.1 Å². The van der Waals surface area contributed by atoms with Gasteiger partial charge in [0.25, 0.3) is 11.2 Å². The van der Waals surface area contributed by atoms with Crippen molar-refractivity contribution >= 4 is 23.3 Å². The molecule has 12 heteroatoms. The van der Waals surface area contributed by atoms with Crippen molar-refractivity contribution in [1.82, 2.24) is 4.98 Å². The molecule has 0 aliphatic rings. The smallest absolute Gasteiger partial charge is 0.346 e. The van der Waals surface area contributed by atoms with E-state index in [-0.39, 0.29) is 18.8 Å². The number of benzene rings is 1. The monoisotopic (exact) mass is 405 g/mol. The number of nitro groups is 2. The number of esters is 2. The van der Waals surface area contributed by atoms with Crippen LogP contribution in [0.2, 0.25) is 0 Å². The molecule has 0 spiro atoms. The number of aromatic amines is 1. The van der Waals surface area contributed by atoms with Gasteiger partial charge in [0.05, 0.1) is 23.1 Å². The van der Waals surface area contributed by atoms with Crippen LogP contribution in [0.3, 0.4) is 0 Å². The average Bonchev–Trinajstić information content (AvgIpc) is 2.67. The normalized spacial score (nSPS) is 10.3. The first-order valence-corrected chi connectivity index (χ1v) is 8.26. The number of nitrogens with one attached hydrogen (secondary N) is 1. The molecule has 0 radical (unpaired) electrons. The van der Waals surface area contributed by atoms with Crippen molar-refractivity contribution in [3.63, 3.8) is 0 Å².